The predicted octanol–water partition coefficient (Wildman–Crippen LogP) is 3.93. The van der Waals surface area contributed by atoms with E-state index in [4.69, 9.17) is 25.8 Å². The van der Waals surface area contributed by atoms with Crippen molar-refractivity contribution in [1.29, 1.82) is 0 Å². The molecule has 2 aromatic rings. The van der Waals surface area contributed by atoms with Crippen molar-refractivity contribution in [1.82, 2.24) is 0 Å². The van der Waals surface area contributed by atoms with Crippen LogP contribution in [-0.4, -0.2) is 19.2 Å². The molecule has 4 nitrogen and oxygen atoms in total. The number of halogens is 2. The highest BCUT2D eigenvalue weighted by Gasteiger charge is 2.16. The number of ether oxygens (including phenoxy) is 3. The van der Waals surface area contributed by atoms with Crippen LogP contribution in [-0.2, 0) is 22.6 Å². The molecule has 1 heterocycles. The molecule has 0 unspecified atom stereocenters. The summed E-state index contributed by atoms with van der Waals surface area (Å²) >= 11 is 6.20. The van der Waals surface area contributed by atoms with Crippen LogP contribution >= 0.6 is 11.6 Å². The summed E-state index contributed by atoms with van der Waals surface area (Å²) in [5, 5.41) is 0.430. The Morgan fingerprint density at radius 3 is 2.67 bits per heavy atom. The van der Waals surface area contributed by atoms with E-state index >= 15 is 0 Å². The highest BCUT2D eigenvalue weighted by atomic mass is 35.5. The zero-order valence-electron chi connectivity index (χ0n) is 12.9. The molecule has 6 heteroatoms. The molecule has 2 aromatic carbocycles. The molecule has 1 aliphatic rings. The van der Waals surface area contributed by atoms with E-state index < -0.39 is 5.97 Å². The smallest absolute Gasteiger partial charge is 0.310 e. The van der Waals surface area contributed by atoms with Gasteiger partial charge < -0.3 is 14.2 Å². The van der Waals surface area contributed by atoms with Crippen molar-refractivity contribution in [3.63, 3.8) is 0 Å². The molecular formula is C18H16ClFO4. The molecule has 0 aromatic heterocycles. The molecule has 1 aliphatic heterocycles. The van der Waals surface area contributed by atoms with Gasteiger partial charge in [-0.2, -0.15) is 0 Å². The van der Waals surface area contributed by atoms with Crippen molar-refractivity contribution in [2.75, 3.05) is 13.2 Å². The number of carbonyl (C=O) groups is 1. The molecule has 126 valence electrons. The Morgan fingerprint density at radius 2 is 1.88 bits per heavy atom. The first-order valence-electron chi connectivity index (χ1n) is 7.60. The Hall–Kier alpha value is -2.27. The molecule has 0 fully saturated rings. The molecular weight excluding hydrogens is 335 g/mol. The Balaban J connectivity index is 1.62. The van der Waals surface area contributed by atoms with E-state index in [-0.39, 0.29) is 18.8 Å². The number of carbonyl (C=O) groups excluding carboxylic acids is 1. The Kier molecular flexibility index (Phi) is 5.20. The van der Waals surface area contributed by atoms with Crippen LogP contribution in [0.1, 0.15) is 17.5 Å². The largest absolute Gasteiger partial charge is 0.489 e. The average Bonchev–Trinajstić information content (AvgIpc) is 2.81. The van der Waals surface area contributed by atoms with Gasteiger partial charge in [0.15, 0.2) is 11.5 Å². The second-order valence-corrected chi connectivity index (χ2v) is 5.83. The van der Waals surface area contributed by atoms with Gasteiger partial charge in [-0.1, -0.05) is 23.7 Å². The van der Waals surface area contributed by atoms with Gasteiger partial charge in [-0.25, -0.2) is 4.39 Å². The fourth-order valence-electron chi connectivity index (χ4n) is 2.35. The van der Waals surface area contributed by atoms with E-state index in [0.717, 1.165) is 12.0 Å². The molecule has 0 radical (unpaired) electrons. The number of benzene rings is 2. The third-order valence-corrected chi connectivity index (χ3v) is 3.80. The first kappa shape index (κ1) is 16.6. The Bertz CT molecular complexity index is 731. The van der Waals surface area contributed by atoms with Crippen LogP contribution in [0.4, 0.5) is 4.39 Å². The molecule has 0 bridgehead atoms. The summed E-state index contributed by atoms with van der Waals surface area (Å²) in [5.41, 5.74) is 1.41. The molecule has 0 N–H and O–H groups in total. The lowest BCUT2D eigenvalue weighted by molar-refractivity contribution is -0.144. The van der Waals surface area contributed by atoms with Gasteiger partial charge in [-0.05, 0) is 35.4 Å². The van der Waals surface area contributed by atoms with Crippen LogP contribution in [0.25, 0.3) is 0 Å². The van der Waals surface area contributed by atoms with E-state index in [1.54, 1.807) is 24.3 Å². The number of esters is 1. The minimum Gasteiger partial charge on any atom is -0.489 e. The molecule has 3 rings (SSSR count). The predicted molar refractivity (Wildman–Crippen MR) is 87.0 cm³/mol. The maximum Gasteiger partial charge on any atom is 0.310 e. The van der Waals surface area contributed by atoms with Crippen molar-refractivity contribution in [3.05, 3.63) is 58.4 Å². The van der Waals surface area contributed by atoms with Crippen LogP contribution in [0.5, 0.6) is 11.5 Å². The summed E-state index contributed by atoms with van der Waals surface area (Å²) < 4.78 is 29.3. The molecule has 0 spiro atoms. The zero-order valence-corrected chi connectivity index (χ0v) is 13.6. The van der Waals surface area contributed by atoms with Gasteiger partial charge in [0.2, 0.25) is 0 Å². The molecule has 0 saturated heterocycles. The van der Waals surface area contributed by atoms with Crippen LogP contribution in [0.3, 0.4) is 0 Å². The van der Waals surface area contributed by atoms with Gasteiger partial charge in [0, 0.05) is 6.42 Å². The molecule has 0 aliphatic carbocycles. The molecule has 0 amide bonds. The van der Waals surface area contributed by atoms with Gasteiger partial charge in [-0.3, -0.25) is 4.79 Å². The fraction of sp³-hybridized carbons (Fsp3) is 0.278. The first-order chi connectivity index (χ1) is 11.6. The van der Waals surface area contributed by atoms with Crippen molar-refractivity contribution < 1.29 is 23.4 Å². The van der Waals surface area contributed by atoms with E-state index in [0.29, 0.717) is 35.3 Å². The summed E-state index contributed by atoms with van der Waals surface area (Å²) in [4.78, 5) is 11.9. The van der Waals surface area contributed by atoms with Gasteiger partial charge in [-0.15, -0.1) is 0 Å². The lowest BCUT2D eigenvalue weighted by Gasteiger charge is -2.12. The van der Waals surface area contributed by atoms with Crippen molar-refractivity contribution in [3.8, 4) is 11.5 Å². The SMILES string of the molecule is O=C(Cc1ccc(F)cc1)OCc1cc(Cl)c2c(c1)OCCCO2. The third kappa shape index (κ3) is 4.17. The minimum atomic E-state index is -0.398. The van der Waals surface area contributed by atoms with Crippen LogP contribution < -0.4 is 9.47 Å². The van der Waals surface area contributed by atoms with Crippen LogP contribution in [0.15, 0.2) is 36.4 Å². The first-order valence-corrected chi connectivity index (χ1v) is 7.98. The second-order valence-electron chi connectivity index (χ2n) is 5.42. The maximum absolute atomic E-state index is 12.8. The Morgan fingerprint density at radius 1 is 1.12 bits per heavy atom. The van der Waals surface area contributed by atoms with Gasteiger partial charge in [0.05, 0.1) is 24.7 Å². The maximum atomic E-state index is 12.8. The number of fused-ring (bicyclic) bond motifs is 1. The summed E-state index contributed by atoms with van der Waals surface area (Å²) in [6.45, 7) is 1.19. The molecule has 24 heavy (non-hydrogen) atoms. The van der Waals surface area contributed by atoms with E-state index in [1.165, 1.54) is 12.1 Å². The van der Waals surface area contributed by atoms with E-state index in [9.17, 15) is 9.18 Å². The average molecular weight is 351 g/mol. The highest BCUT2D eigenvalue weighted by Crippen LogP contribution is 2.38. The third-order valence-electron chi connectivity index (χ3n) is 3.52. The fourth-order valence-corrected chi connectivity index (χ4v) is 2.64. The number of hydrogen-bond donors (Lipinski definition) is 0. The molecule has 0 atom stereocenters. The summed E-state index contributed by atoms with van der Waals surface area (Å²) in [5.74, 6) is 0.346. The van der Waals surface area contributed by atoms with Gasteiger partial charge in [0.1, 0.15) is 12.4 Å². The van der Waals surface area contributed by atoms with Crippen molar-refractivity contribution >= 4 is 17.6 Å². The van der Waals surface area contributed by atoms with E-state index in [2.05, 4.69) is 0 Å². The standard InChI is InChI=1S/C18H16ClFO4/c19-15-8-13(9-16-18(15)23-7-1-6-22-16)11-24-17(21)10-12-2-4-14(20)5-3-12/h2-5,8-9H,1,6-7,10-11H2. The van der Waals surface area contributed by atoms with Gasteiger partial charge >= 0.3 is 5.97 Å². The summed E-state index contributed by atoms with van der Waals surface area (Å²) in [7, 11) is 0. The summed E-state index contributed by atoms with van der Waals surface area (Å²) in [6, 6.07) is 9.19. The van der Waals surface area contributed by atoms with Crippen molar-refractivity contribution in [2.24, 2.45) is 0 Å². The normalized spacial score (nSPS) is 13.2. The van der Waals surface area contributed by atoms with Crippen LogP contribution in [0.2, 0.25) is 5.02 Å². The molecule has 0 saturated carbocycles. The van der Waals surface area contributed by atoms with Crippen LogP contribution in [0, 0.1) is 5.82 Å². The quantitative estimate of drug-likeness (QED) is 0.784. The lowest BCUT2D eigenvalue weighted by atomic mass is 10.1. The van der Waals surface area contributed by atoms with E-state index in [1.807, 2.05) is 0 Å². The highest BCUT2D eigenvalue weighted by molar-refractivity contribution is 6.32. The van der Waals surface area contributed by atoms with Gasteiger partial charge in [0.25, 0.3) is 0 Å². The topological polar surface area (TPSA) is 44.8 Å². The zero-order chi connectivity index (χ0) is 16.9. The second kappa shape index (κ2) is 7.53. The lowest BCUT2D eigenvalue weighted by Crippen LogP contribution is -2.08. The number of hydrogen-bond acceptors (Lipinski definition) is 4. The monoisotopic (exact) mass is 350 g/mol. The Labute approximate surface area is 144 Å². The van der Waals surface area contributed by atoms with Crippen molar-refractivity contribution in [2.45, 2.75) is 19.4 Å². The summed E-state index contributed by atoms with van der Waals surface area (Å²) in [6.07, 6.45) is 0.867. The minimum absolute atomic E-state index is 0.0798. The number of rotatable bonds is 4.